The highest BCUT2D eigenvalue weighted by Gasteiger charge is 2.35. The number of nitrogens with zero attached hydrogens (tertiary/aromatic N) is 1. The second-order valence-corrected chi connectivity index (χ2v) is 6.78. The van der Waals surface area contributed by atoms with Crippen LogP contribution in [0.15, 0.2) is 0 Å². The molecule has 1 heterocycles. The molecular formula is C15H32N2. The van der Waals surface area contributed by atoms with E-state index < -0.39 is 0 Å². The van der Waals surface area contributed by atoms with Crippen LogP contribution in [0.3, 0.4) is 0 Å². The Hall–Kier alpha value is -0.0800. The van der Waals surface area contributed by atoms with Crippen LogP contribution in [-0.2, 0) is 0 Å². The van der Waals surface area contributed by atoms with Gasteiger partial charge in [0.2, 0.25) is 0 Å². The molecule has 17 heavy (non-hydrogen) atoms. The predicted molar refractivity (Wildman–Crippen MR) is 76.4 cm³/mol. The molecule has 0 saturated carbocycles. The second kappa shape index (κ2) is 6.19. The minimum absolute atomic E-state index is 0.378. The van der Waals surface area contributed by atoms with Gasteiger partial charge in [-0.05, 0) is 24.3 Å². The summed E-state index contributed by atoms with van der Waals surface area (Å²) in [4.78, 5) is 2.72. The zero-order valence-corrected chi connectivity index (χ0v) is 12.7. The summed E-state index contributed by atoms with van der Waals surface area (Å²) in [6.07, 6.45) is 2.54. The van der Waals surface area contributed by atoms with Crippen molar-refractivity contribution in [3.8, 4) is 0 Å². The SMILES string of the molecule is CCCN1CC(C(C)CC)NCC1C(C)(C)C. The summed E-state index contributed by atoms with van der Waals surface area (Å²) in [6.45, 7) is 17.7. The summed E-state index contributed by atoms with van der Waals surface area (Å²) < 4.78 is 0. The molecule has 0 amide bonds. The summed E-state index contributed by atoms with van der Waals surface area (Å²) >= 11 is 0. The van der Waals surface area contributed by atoms with Crippen LogP contribution >= 0.6 is 0 Å². The van der Waals surface area contributed by atoms with Crippen molar-refractivity contribution < 1.29 is 0 Å². The van der Waals surface area contributed by atoms with Gasteiger partial charge in [0.25, 0.3) is 0 Å². The highest BCUT2D eigenvalue weighted by atomic mass is 15.2. The highest BCUT2D eigenvalue weighted by molar-refractivity contribution is 4.93. The number of rotatable bonds is 4. The molecule has 0 aromatic carbocycles. The Balaban J connectivity index is 2.67. The van der Waals surface area contributed by atoms with Gasteiger partial charge < -0.3 is 5.32 Å². The fraction of sp³-hybridized carbons (Fsp3) is 1.00. The van der Waals surface area contributed by atoms with E-state index in [2.05, 4.69) is 51.8 Å². The molecule has 1 N–H and O–H groups in total. The third-order valence-corrected chi connectivity index (χ3v) is 4.29. The third-order valence-electron chi connectivity index (χ3n) is 4.29. The van der Waals surface area contributed by atoms with Crippen molar-refractivity contribution in [2.24, 2.45) is 11.3 Å². The fourth-order valence-corrected chi connectivity index (χ4v) is 2.89. The topological polar surface area (TPSA) is 15.3 Å². The highest BCUT2D eigenvalue weighted by Crippen LogP contribution is 2.28. The largest absolute Gasteiger partial charge is 0.311 e. The minimum atomic E-state index is 0.378. The van der Waals surface area contributed by atoms with Gasteiger partial charge in [0.15, 0.2) is 0 Å². The zero-order chi connectivity index (χ0) is 13.1. The second-order valence-electron chi connectivity index (χ2n) is 6.78. The van der Waals surface area contributed by atoms with Crippen LogP contribution in [0.1, 0.15) is 54.4 Å². The van der Waals surface area contributed by atoms with E-state index in [9.17, 15) is 0 Å². The molecule has 0 spiro atoms. The van der Waals surface area contributed by atoms with E-state index in [1.54, 1.807) is 0 Å². The number of hydrogen-bond acceptors (Lipinski definition) is 2. The van der Waals surface area contributed by atoms with Gasteiger partial charge in [0.05, 0.1) is 0 Å². The third kappa shape index (κ3) is 3.96. The van der Waals surface area contributed by atoms with Crippen LogP contribution in [0.5, 0.6) is 0 Å². The molecule has 0 radical (unpaired) electrons. The van der Waals surface area contributed by atoms with Crippen molar-refractivity contribution >= 4 is 0 Å². The molecule has 1 aliphatic rings. The molecule has 2 heteroatoms. The molecule has 0 aromatic heterocycles. The lowest BCUT2D eigenvalue weighted by molar-refractivity contribution is 0.0442. The van der Waals surface area contributed by atoms with Gasteiger partial charge in [-0.2, -0.15) is 0 Å². The van der Waals surface area contributed by atoms with E-state index >= 15 is 0 Å². The molecule has 1 saturated heterocycles. The quantitative estimate of drug-likeness (QED) is 0.812. The molecule has 2 nitrogen and oxygen atoms in total. The van der Waals surface area contributed by atoms with E-state index in [4.69, 9.17) is 0 Å². The van der Waals surface area contributed by atoms with Crippen LogP contribution in [0.25, 0.3) is 0 Å². The number of piperazine rings is 1. The molecule has 1 fully saturated rings. The van der Waals surface area contributed by atoms with E-state index in [0.717, 1.165) is 12.5 Å². The van der Waals surface area contributed by atoms with Gasteiger partial charge in [0, 0.05) is 25.2 Å². The first-order valence-electron chi connectivity index (χ1n) is 7.37. The smallest absolute Gasteiger partial charge is 0.0269 e. The van der Waals surface area contributed by atoms with E-state index in [0.29, 0.717) is 17.5 Å². The standard InChI is InChI=1S/C15H32N2/c1-7-9-17-11-13(12(3)8-2)16-10-14(17)15(4,5)6/h12-14,16H,7-11H2,1-6H3. The summed E-state index contributed by atoms with van der Waals surface area (Å²) in [5.41, 5.74) is 0.378. The van der Waals surface area contributed by atoms with Gasteiger partial charge in [-0.1, -0.05) is 48.0 Å². The average molecular weight is 240 g/mol. The molecule has 1 rings (SSSR count). The lowest BCUT2D eigenvalue weighted by Gasteiger charge is -2.47. The van der Waals surface area contributed by atoms with E-state index in [1.165, 1.54) is 25.9 Å². The summed E-state index contributed by atoms with van der Waals surface area (Å²) in [5, 5.41) is 3.77. The van der Waals surface area contributed by atoms with Gasteiger partial charge in [-0.15, -0.1) is 0 Å². The summed E-state index contributed by atoms with van der Waals surface area (Å²) in [7, 11) is 0. The van der Waals surface area contributed by atoms with Crippen LogP contribution in [0, 0.1) is 11.3 Å². The van der Waals surface area contributed by atoms with Crippen molar-refractivity contribution in [3.63, 3.8) is 0 Å². The molecular weight excluding hydrogens is 208 g/mol. The first-order chi connectivity index (χ1) is 7.90. The Labute approximate surface area is 108 Å². The Bertz CT molecular complexity index is 219. The van der Waals surface area contributed by atoms with Crippen molar-refractivity contribution in [3.05, 3.63) is 0 Å². The maximum Gasteiger partial charge on any atom is 0.0269 e. The molecule has 3 unspecified atom stereocenters. The van der Waals surface area contributed by atoms with Crippen LogP contribution in [0.2, 0.25) is 0 Å². The monoisotopic (exact) mass is 240 g/mol. The number of nitrogens with one attached hydrogen (secondary N) is 1. The Morgan fingerprint density at radius 2 is 1.94 bits per heavy atom. The molecule has 102 valence electrons. The Morgan fingerprint density at radius 1 is 1.29 bits per heavy atom. The van der Waals surface area contributed by atoms with Gasteiger partial charge in [0.1, 0.15) is 0 Å². The normalized spacial score (nSPS) is 29.3. The molecule has 0 bridgehead atoms. The average Bonchev–Trinajstić information content (AvgIpc) is 2.27. The lowest BCUT2D eigenvalue weighted by atomic mass is 9.82. The Morgan fingerprint density at radius 3 is 2.41 bits per heavy atom. The lowest BCUT2D eigenvalue weighted by Crippen LogP contribution is -2.62. The Kier molecular flexibility index (Phi) is 5.46. The number of hydrogen-bond donors (Lipinski definition) is 1. The van der Waals surface area contributed by atoms with Crippen molar-refractivity contribution in [1.29, 1.82) is 0 Å². The maximum atomic E-state index is 3.77. The molecule has 0 aromatic rings. The summed E-state index contributed by atoms with van der Waals surface area (Å²) in [5.74, 6) is 0.787. The van der Waals surface area contributed by atoms with Crippen molar-refractivity contribution in [2.45, 2.75) is 66.5 Å². The zero-order valence-electron chi connectivity index (χ0n) is 12.7. The van der Waals surface area contributed by atoms with Crippen LogP contribution < -0.4 is 5.32 Å². The van der Waals surface area contributed by atoms with Crippen LogP contribution in [0.4, 0.5) is 0 Å². The van der Waals surface area contributed by atoms with E-state index in [-0.39, 0.29) is 0 Å². The maximum absolute atomic E-state index is 3.77. The van der Waals surface area contributed by atoms with Crippen LogP contribution in [-0.4, -0.2) is 36.6 Å². The minimum Gasteiger partial charge on any atom is -0.311 e. The first-order valence-corrected chi connectivity index (χ1v) is 7.37. The first kappa shape index (κ1) is 15.0. The molecule has 1 aliphatic heterocycles. The predicted octanol–water partition coefficient (Wildman–Crippen LogP) is 3.13. The van der Waals surface area contributed by atoms with E-state index in [1.807, 2.05) is 0 Å². The summed E-state index contributed by atoms with van der Waals surface area (Å²) in [6, 6.07) is 1.37. The van der Waals surface area contributed by atoms with Gasteiger partial charge in [-0.25, -0.2) is 0 Å². The fourth-order valence-electron chi connectivity index (χ4n) is 2.89. The van der Waals surface area contributed by atoms with Crippen molar-refractivity contribution in [1.82, 2.24) is 10.2 Å². The van der Waals surface area contributed by atoms with Gasteiger partial charge in [-0.3, -0.25) is 4.90 Å². The van der Waals surface area contributed by atoms with Gasteiger partial charge >= 0.3 is 0 Å². The molecule has 0 aliphatic carbocycles. The van der Waals surface area contributed by atoms with Crippen molar-refractivity contribution in [2.75, 3.05) is 19.6 Å². The molecule has 3 atom stereocenters.